The first kappa shape index (κ1) is 14.1. The van der Waals surface area contributed by atoms with Gasteiger partial charge >= 0.3 is 5.69 Å². The highest BCUT2D eigenvalue weighted by molar-refractivity contribution is 7.98. The molecule has 2 rings (SSSR count). The summed E-state index contributed by atoms with van der Waals surface area (Å²) in [5, 5.41) is 17.6. The van der Waals surface area contributed by atoms with Crippen LogP contribution in [0.5, 0.6) is 0 Å². The first-order chi connectivity index (χ1) is 9.52. The predicted octanol–water partition coefficient (Wildman–Crippen LogP) is 0.595. The minimum Gasteiger partial charge on any atom is -0.318 e. The Kier molecular flexibility index (Phi) is 4.05. The highest BCUT2D eigenvalue weighted by Crippen LogP contribution is 2.27. The topological polar surface area (TPSA) is 132 Å². The number of hydrogen-bond acceptors (Lipinski definition) is 7. The van der Waals surface area contributed by atoms with Gasteiger partial charge < -0.3 is 5.43 Å². The number of nitrogen functional groups attached to an aromatic ring is 1. The van der Waals surface area contributed by atoms with E-state index in [4.69, 9.17) is 5.84 Å². The lowest BCUT2D eigenvalue weighted by Crippen LogP contribution is -2.12. The van der Waals surface area contributed by atoms with Gasteiger partial charge in [0.15, 0.2) is 5.16 Å². The number of rotatable bonds is 5. The fourth-order valence-corrected chi connectivity index (χ4v) is 2.41. The Hall–Kier alpha value is -2.33. The second kappa shape index (κ2) is 5.75. The molecule has 106 valence electrons. The molecule has 10 heteroatoms. The largest absolute Gasteiger partial charge is 0.343 e. The van der Waals surface area contributed by atoms with Gasteiger partial charge in [-0.05, 0) is 11.6 Å². The van der Waals surface area contributed by atoms with Gasteiger partial charge in [-0.25, -0.2) is 9.89 Å². The maximum absolute atomic E-state index is 11.2. The van der Waals surface area contributed by atoms with E-state index in [0.717, 1.165) is 5.56 Å². The number of nitro groups is 1. The van der Waals surface area contributed by atoms with Crippen LogP contribution in [-0.4, -0.2) is 19.7 Å². The van der Waals surface area contributed by atoms with Crippen LogP contribution >= 0.6 is 11.8 Å². The molecule has 2 aromatic rings. The normalized spacial score (nSPS) is 10.5. The Balaban J connectivity index is 2.18. The number of thioether (sulfide) groups is 1. The fourth-order valence-electron chi connectivity index (χ4n) is 1.55. The fraction of sp³-hybridized carbons (Fsp3) is 0.200. The molecule has 0 radical (unpaired) electrons. The minimum absolute atomic E-state index is 0.0958. The summed E-state index contributed by atoms with van der Waals surface area (Å²) in [4.78, 5) is 21.6. The van der Waals surface area contributed by atoms with Crippen LogP contribution in [0.4, 0.5) is 11.4 Å². The molecule has 1 heterocycles. The molecule has 1 aromatic carbocycles. The summed E-state index contributed by atoms with van der Waals surface area (Å²) in [6, 6.07) is 4.70. The number of hydrogen-bond donors (Lipinski definition) is 3. The molecule has 0 saturated carbocycles. The van der Waals surface area contributed by atoms with Crippen molar-refractivity contribution in [2.45, 2.75) is 10.9 Å². The third-order valence-electron chi connectivity index (χ3n) is 2.62. The van der Waals surface area contributed by atoms with Gasteiger partial charge in [-0.2, -0.15) is 0 Å². The SMILES string of the molecule is Cn1c(SCc2ccc(NN)c([N+](=O)[O-])c2)n[nH]c1=O. The molecule has 9 nitrogen and oxygen atoms in total. The van der Waals surface area contributed by atoms with E-state index in [1.54, 1.807) is 13.1 Å². The Morgan fingerprint density at radius 3 is 2.90 bits per heavy atom. The molecule has 0 saturated heterocycles. The first-order valence-corrected chi connectivity index (χ1v) is 6.49. The predicted molar refractivity (Wildman–Crippen MR) is 74.3 cm³/mol. The number of benzene rings is 1. The van der Waals surface area contributed by atoms with Crippen LogP contribution in [0.1, 0.15) is 5.56 Å². The van der Waals surface area contributed by atoms with Gasteiger partial charge in [-0.15, -0.1) is 5.10 Å². The van der Waals surface area contributed by atoms with Crippen LogP contribution in [0.15, 0.2) is 28.2 Å². The van der Waals surface area contributed by atoms with Gasteiger partial charge in [-0.3, -0.25) is 20.5 Å². The van der Waals surface area contributed by atoms with Crippen molar-refractivity contribution in [2.75, 3.05) is 5.43 Å². The zero-order chi connectivity index (χ0) is 14.7. The number of nitro benzene ring substituents is 1. The summed E-state index contributed by atoms with van der Waals surface area (Å²) in [5.41, 5.74) is 2.86. The van der Waals surface area contributed by atoms with Crippen LogP contribution in [0.25, 0.3) is 0 Å². The first-order valence-electron chi connectivity index (χ1n) is 5.51. The third kappa shape index (κ3) is 2.81. The Bertz CT molecular complexity index is 695. The molecule has 0 bridgehead atoms. The molecule has 0 spiro atoms. The molecular formula is C10H12N6O3S. The number of H-pyrrole nitrogens is 1. The number of aromatic amines is 1. The van der Waals surface area contributed by atoms with Crippen LogP contribution in [0.2, 0.25) is 0 Å². The average Bonchev–Trinajstić information content (AvgIpc) is 2.76. The number of hydrazine groups is 1. The van der Waals surface area contributed by atoms with Crippen molar-refractivity contribution >= 4 is 23.1 Å². The molecule has 1 aromatic heterocycles. The minimum atomic E-state index is -0.506. The number of nitrogens with two attached hydrogens (primary N) is 1. The van der Waals surface area contributed by atoms with E-state index in [-0.39, 0.29) is 17.1 Å². The van der Waals surface area contributed by atoms with E-state index < -0.39 is 4.92 Å². The maximum atomic E-state index is 11.2. The molecule has 0 amide bonds. The zero-order valence-corrected chi connectivity index (χ0v) is 11.3. The second-order valence-electron chi connectivity index (χ2n) is 3.91. The molecule has 4 N–H and O–H groups in total. The molecule has 0 atom stereocenters. The smallest absolute Gasteiger partial charge is 0.318 e. The van der Waals surface area contributed by atoms with Crippen LogP contribution in [0.3, 0.4) is 0 Å². The van der Waals surface area contributed by atoms with E-state index >= 15 is 0 Å². The van der Waals surface area contributed by atoms with Crippen molar-refractivity contribution in [1.29, 1.82) is 0 Å². The Morgan fingerprint density at radius 1 is 1.60 bits per heavy atom. The van der Waals surface area contributed by atoms with E-state index in [2.05, 4.69) is 15.6 Å². The standard InChI is InChI=1S/C10H12N6O3S/c1-15-9(17)13-14-10(15)20-5-6-2-3-7(12-11)8(4-6)16(18)19/h2-4,12H,5,11H2,1H3,(H,13,17). The van der Waals surface area contributed by atoms with Crippen molar-refractivity contribution in [1.82, 2.24) is 14.8 Å². The second-order valence-corrected chi connectivity index (χ2v) is 4.85. The Morgan fingerprint density at radius 2 is 2.35 bits per heavy atom. The van der Waals surface area contributed by atoms with Crippen molar-refractivity contribution < 1.29 is 4.92 Å². The zero-order valence-electron chi connectivity index (χ0n) is 10.5. The lowest BCUT2D eigenvalue weighted by molar-refractivity contribution is -0.384. The number of nitrogens with one attached hydrogen (secondary N) is 2. The van der Waals surface area contributed by atoms with Gasteiger partial charge in [-0.1, -0.05) is 17.8 Å². The van der Waals surface area contributed by atoms with Gasteiger partial charge in [0, 0.05) is 18.9 Å². The molecule has 0 unspecified atom stereocenters. The molecule has 20 heavy (non-hydrogen) atoms. The summed E-state index contributed by atoms with van der Waals surface area (Å²) in [6.45, 7) is 0. The highest BCUT2D eigenvalue weighted by Gasteiger charge is 2.14. The van der Waals surface area contributed by atoms with Gasteiger partial charge in [0.05, 0.1) is 4.92 Å². The quantitative estimate of drug-likeness (QED) is 0.318. The van der Waals surface area contributed by atoms with E-state index in [0.29, 0.717) is 10.9 Å². The van der Waals surface area contributed by atoms with Gasteiger partial charge in [0.1, 0.15) is 5.69 Å². The lowest BCUT2D eigenvalue weighted by atomic mass is 10.2. The molecule has 0 fully saturated rings. The molecule has 0 aliphatic heterocycles. The van der Waals surface area contributed by atoms with Crippen LogP contribution in [0, 0.1) is 10.1 Å². The van der Waals surface area contributed by atoms with Crippen molar-refractivity contribution in [3.8, 4) is 0 Å². The van der Waals surface area contributed by atoms with Gasteiger partial charge in [0.25, 0.3) is 5.69 Å². The summed E-state index contributed by atoms with van der Waals surface area (Å²) >= 11 is 1.30. The summed E-state index contributed by atoms with van der Waals surface area (Å²) < 4.78 is 1.37. The van der Waals surface area contributed by atoms with Crippen LogP contribution < -0.4 is 17.0 Å². The van der Waals surface area contributed by atoms with Crippen molar-refractivity contribution in [3.63, 3.8) is 0 Å². The highest BCUT2D eigenvalue weighted by atomic mass is 32.2. The number of nitrogens with zero attached hydrogens (tertiary/aromatic N) is 3. The van der Waals surface area contributed by atoms with Crippen molar-refractivity contribution in [3.05, 3.63) is 44.4 Å². The monoisotopic (exact) mass is 296 g/mol. The average molecular weight is 296 g/mol. The Labute approximate surface area is 117 Å². The summed E-state index contributed by atoms with van der Waals surface area (Å²) in [5.74, 6) is 5.66. The van der Waals surface area contributed by atoms with Crippen LogP contribution in [-0.2, 0) is 12.8 Å². The van der Waals surface area contributed by atoms with E-state index in [1.807, 2.05) is 0 Å². The maximum Gasteiger partial charge on any atom is 0.343 e. The molecule has 0 aliphatic rings. The van der Waals surface area contributed by atoms with Crippen molar-refractivity contribution in [2.24, 2.45) is 12.9 Å². The molecular weight excluding hydrogens is 284 g/mol. The number of anilines is 1. The van der Waals surface area contributed by atoms with Gasteiger partial charge in [0.2, 0.25) is 0 Å². The molecule has 0 aliphatic carbocycles. The number of aromatic nitrogens is 3. The summed E-state index contributed by atoms with van der Waals surface area (Å²) in [7, 11) is 1.60. The summed E-state index contributed by atoms with van der Waals surface area (Å²) in [6.07, 6.45) is 0. The third-order valence-corrected chi connectivity index (χ3v) is 3.72. The van der Waals surface area contributed by atoms with E-state index in [9.17, 15) is 14.9 Å². The lowest BCUT2D eigenvalue weighted by Gasteiger charge is -2.05. The van der Waals surface area contributed by atoms with E-state index in [1.165, 1.54) is 28.5 Å².